The normalized spacial score (nSPS) is 9.55. The highest BCUT2D eigenvalue weighted by molar-refractivity contribution is 5.92. The van der Waals surface area contributed by atoms with Crippen LogP contribution in [0.5, 0.6) is 0 Å². The molecule has 1 aromatic heterocycles. The summed E-state index contributed by atoms with van der Waals surface area (Å²) in [6, 6.07) is 5.33. The Balaban J connectivity index is 2.87. The lowest BCUT2D eigenvalue weighted by Gasteiger charge is -2.25. The van der Waals surface area contributed by atoms with E-state index in [1.807, 2.05) is 19.9 Å². The van der Waals surface area contributed by atoms with Gasteiger partial charge in [-0.05, 0) is 26.0 Å². The van der Waals surface area contributed by atoms with Gasteiger partial charge in [0.05, 0.1) is 12.5 Å². The molecule has 0 radical (unpaired) electrons. The third kappa shape index (κ3) is 4.38. The van der Waals surface area contributed by atoms with Gasteiger partial charge in [0.15, 0.2) is 0 Å². The minimum atomic E-state index is -0.212. The van der Waals surface area contributed by atoms with Crippen LogP contribution in [0.1, 0.15) is 36.3 Å². The number of nitrogens with zero attached hydrogens (tertiary/aromatic N) is 3. The highest BCUT2D eigenvalue weighted by atomic mass is 16.2. The molecule has 0 fully saturated rings. The lowest BCUT2D eigenvalue weighted by atomic mass is 10.2. The second-order valence-electron chi connectivity index (χ2n) is 4.39. The minimum absolute atomic E-state index is 0.00603. The number of hydrogen-bond acceptors (Lipinski definition) is 4. The summed E-state index contributed by atoms with van der Waals surface area (Å²) in [6.45, 7) is 3.98. The molecule has 0 aliphatic heterocycles. The van der Waals surface area contributed by atoms with Gasteiger partial charge in [-0.25, -0.2) is 4.98 Å². The lowest BCUT2D eigenvalue weighted by Crippen LogP contribution is -2.38. The maximum Gasteiger partial charge on any atom is 0.272 e. The molecule has 5 nitrogen and oxygen atoms in total. The molecular weight excluding hydrogens is 254 g/mol. The fourth-order valence-corrected chi connectivity index (χ4v) is 1.65. The van der Waals surface area contributed by atoms with Crippen LogP contribution in [0.15, 0.2) is 18.3 Å². The molecule has 0 saturated carbocycles. The Kier molecular flexibility index (Phi) is 6.22. The summed E-state index contributed by atoms with van der Waals surface area (Å²) in [5.74, 6) is 5.04. The van der Waals surface area contributed by atoms with E-state index in [1.165, 1.54) is 6.20 Å². The van der Waals surface area contributed by atoms with Crippen molar-refractivity contribution in [2.75, 3.05) is 13.2 Å². The molecule has 5 heteroatoms. The molecule has 0 bridgehead atoms. The first-order valence-electron chi connectivity index (χ1n) is 6.33. The number of hydrogen-bond donors (Lipinski definition) is 1. The van der Waals surface area contributed by atoms with Crippen LogP contribution in [-0.2, 0) is 0 Å². The predicted octanol–water partition coefficient (Wildman–Crippen LogP) is 1.19. The van der Waals surface area contributed by atoms with Gasteiger partial charge in [0.1, 0.15) is 12.3 Å². The molecule has 1 amide bonds. The van der Waals surface area contributed by atoms with Crippen molar-refractivity contribution < 1.29 is 9.90 Å². The molecule has 0 unspecified atom stereocenters. The zero-order valence-corrected chi connectivity index (χ0v) is 11.6. The molecule has 0 spiro atoms. The first kappa shape index (κ1) is 15.7. The van der Waals surface area contributed by atoms with Crippen molar-refractivity contribution in [3.05, 3.63) is 29.6 Å². The molecule has 0 atom stereocenters. The molecule has 0 aliphatic rings. The Morgan fingerprint density at radius 1 is 1.50 bits per heavy atom. The van der Waals surface area contributed by atoms with E-state index in [2.05, 4.69) is 16.8 Å². The van der Waals surface area contributed by atoms with Gasteiger partial charge >= 0.3 is 0 Å². The van der Waals surface area contributed by atoms with Crippen molar-refractivity contribution >= 4 is 5.91 Å². The first-order valence-corrected chi connectivity index (χ1v) is 6.33. The maximum absolute atomic E-state index is 12.3. The van der Waals surface area contributed by atoms with Gasteiger partial charge in [-0.2, -0.15) is 5.26 Å². The predicted molar refractivity (Wildman–Crippen MR) is 74.6 cm³/mol. The van der Waals surface area contributed by atoms with Crippen LogP contribution in [0.3, 0.4) is 0 Å². The van der Waals surface area contributed by atoms with E-state index in [9.17, 15) is 4.79 Å². The third-order valence-corrected chi connectivity index (χ3v) is 2.64. The van der Waals surface area contributed by atoms with Crippen molar-refractivity contribution in [3.8, 4) is 17.9 Å². The standard InChI is InChI=1S/C15H17N3O2/c1-12(2)18(9-4-8-16)15(20)14-7-6-13(11-17-14)5-3-10-19/h6-7,11-12,19H,4,9-10H2,1-2H3. The van der Waals surface area contributed by atoms with Crippen LogP contribution in [0.25, 0.3) is 0 Å². The Morgan fingerprint density at radius 3 is 2.75 bits per heavy atom. The average molecular weight is 271 g/mol. The van der Waals surface area contributed by atoms with E-state index in [0.717, 1.165) is 0 Å². The lowest BCUT2D eigenvalue weighted by molar-refractivity contribution is 0.0704. The maximum atomic E-state index is 12.3. The van der Waals surface area contributed by atoms with Gasteiger partial charge in [0.25, 0.3) is 5.91 Å². The fraction of sp³-hybridized carbons (Fsp3) is 0.400. The van der Waals surface area contributed by atoms with Crippen molar-refractivity contribution in [1.29, 1.82) is 5.26 Å². The number of nitriles is 1. The van der Waals surface area contributed by atoms with Crippen molar-refractivity contribution in [1.82, 2.24) is 9.88 Å². The van der Waals surface area contributed by atoms with Gasteiger partial charge < -0.3 is 10.0 Å². The molecule has 0 aliphatic carbocycles. The summed E-state index contributed by atoms with van der Waals surface area (Å²) in [5.41, 5.74) is 0.968. The zero-order chi connectivity index (χ0) is 15.0. The number of carbonyl (C=O) groups is 1. The quantitative estimate of drug-likeness (QED) is 0.834. The fourth-order valence-electron chi connectivity index (χ4n) is 1.65. The number of pyridine rings is 1. The number of amides is 1. The molecule has 20 heavy (non-hydrogen) atoms. The van der Waals surface area contributed by atoms with E-state index in [1.54, 1.807) is 17.0 Å². The van der Waals surface area contributed by atoms with Crippen molar-refractivity contribution in [3.63, 3.8) is 0 Å². The first-order chi connectivity index (χ1) is 9.60. The molecule has 1 heterocycles. The summed E-state index contributed by atoms with van der Waals surface area (Å²) in [5, 5.41) is 17.2. The molecule has 104 valence electrons. The number of rotatable bonds is 4. The summed E-state index contributed by atoms with van der Waals surface area (Å²) in [7, 11) is 0. The molecule has 1 rings (SSSR count). The summed E-state index contributed by atoms with van der Waals surface area (Å²) < 4.78 is 0. The molecular formula is C15H17N3O2. The number of aliphatic hydroxyl groups is 1. The van der Waals surface area contributed by atoms with Crippen LogP contribution in [-0.4, -0.2) is 40.1 Å². The molecule has 1 aromatic rings. The van der Waals surface area contributed by atoms with E-state index in [0.29, 0.717) is 24.2 Å². The van der Waals surface area contributed by atoms with Crippen LogP contribution in [0.2, 0.25) is 0 Å². The van der Waals surface area contributed by atoms with Gasteiger partial charge in [-0.1, -0.05) is 11.8 Å². The zero-order valence-electron chi connectivity index (χ0n) is 11.6. The molecule has 0 saturated heterocycles. The Hall–Kier alpha value is -2.37. The molecule has 1 N–H and O–H groups in total. The highest BCUT2D eigenvalue weighted by Crippen LogP contribution is 2.08. The monoisotopic (exact) mass is 271 g/mol. The largest absolute Gasteiger partial charge is 0.384 e. The van der Waals surface area contributed by atoms with E-state index >= 15 is 0 Å². The Bertz CT molecular complexity index is 547. The summed E-state index contributed by atoms with van der Waals surface area (Å²) in [6.07, 6.45) is 1.79. The van der Waals surface area contributed by atoms with E-state index in [-0.39, 0.29) is 18.6 Å². The minimum Gasteiger partial charge on any atom is -0.384 e. The Labute approximate surface area is 118 Å². The van der Waals surface area contributed by atoms with Crippen LogP contribution < -0.4 is 0 Å². The van der Waals surface area contributed by atoms with Crippen LogP contribution >= 0.6 is 0 Å². The van der Waals surface area contributed by atoms with Gasteiger partial charge in [0.2, 0.25) is 0 Å². The van der Waals surface area contributed by atoms with Crippen LogP contribution in [0, 0.1) is 23.2 Å². The highest BCUT2D eigenvalue weighted by Gasteiger charge is 2.19. The van der Waals surface area contributed by atoms with Gasteiger partial charge in [-0.15, -0.1) is 0 Å². The third-order valence-electron chi connectivity index (χ3n) is 2.64. The molecule has 0 aromatic carbocycles. The smallest absolute Gasteiger partial charge is 0.272 e. The number of aliphatic hydroxyl groups excluding tert-OH is 1. The second kappa shape index (κ2) is 7.93. The SMILES string of the molecule is CC(C)N(CCC#N)C(=O)c1ccc(C#CCO)cn1. The second-order valence-corrected chi connectivity index (χ2v) is 4.39. The Morgan fingerprint density at radius 2 is 2.25 bits per heavy atom. The van der Waals surface area contributed by atoms with E-state index < -0.39 is 0 Å². The average Bonchev–Trinajstić information content (AvgIpc) is 2.45. The van der Waals surface area contributed by atoms with Gasteiger partial charge in [-0.3, -0.25) is 4.79 Å². The number of aromatic nitrogens is 1. The van der Waals surface area contributed by atoms with E-state index in [4.69, 9.17) is 10.4 Å². The summed E-state index contributed by atoms with van der Waals surface area (Å²) >= 11 is 0. The van der Waals surface area contributed by atoms with Gasteiger partial charge in [0, 0.05) is 24.3 Å². The van der Waals surface area contributed by atoms with Crippen molar-refractivity contribution in [2.24, 2.45) is 0 Å². The van der Waals surface area contributed by atoms with Crippen LogP contribution in [0.4, 0.5) is 0 Å². The topological polar surface area (TPSA) is 77.2 Å². The van der Waals surface area contributed by atoms with Crippen molar-refractivity contribution in [2.45, 2.75) is 26.3 Å². The summed E-state index contributed by atoms with van der Waals surface area (Å²) in [4.78, 5) is 18.0. The number of carbonyl (C=O) groups excluding carboxylic acids is 1.